The van der Waals surface area contributed by atoms with Crippen LogP contribution in [0.2, 0.25) is 0 Å². The van der Waals surface area contributed by atoms with Crippen molar-refractivity contribution in [2.45, 2.75) is 25.2 Å². The molecule has 1 rings (SSSR count). The van der Waals surface area contributed by atoms with Gasteiger partial charge in [-0.3, -0.25) is 8.98 Å². The predicted octanol–water partition coefficient (Wildman–Crippen LogP) is 1.77. The Kier molecular flexibility index (Phi) is 21.9. The number of hydrogen-bond acceptors (Lipinski definition) is 12. The van der Waals surface area contributed by atoms with Crippen molar-refractivity contribution in [1.29, 1.82) is 0 Å². The summed E-state index contributed by atoms with van der Waals surface area (Å²) in [7, 11) is -3.77. The van der Waals surface area contributed by atoms with Crippen LogP contribution in [-0.4, -0.2) is 120 Å². The first-order valence-corrected chi connectivity index (χ1v) is 14.5. The first-order valence-electron chi connectivity index (χ1n) is 13.1. The van der Waals surface area contributed by atoms with Crippen LogP contribution in [0.25, 0.3) is 0 Å². The highest BCUT2D eigenvalue weighted by atomic mass is 32.2. The second-order valence-electron chi connectivity index (χ2n) is 7.93. The largest absolute Gasteiger partial charge is 0.466 e. The number of rotatable bonds is 27. The van der Waals surface area contributed by atoms with Crippen molar-refractivity contribution in [3.05, 3.63) is 29.8 Å². The molecule has 0 spiro atoms. The summed E-state index contributed by atoms with van der Waals surface area (Å²) in [6, 6.07) is 6.47. The van der Waals surface area contributed by atoms with E-state index in [9.17, 15) is 13.2 Å². The van der Waals surface area contributed by atoms with Crippen molar-refractivity contribution in [2.24, 2.45) is 0 Å². The standard InChI is InChI=1S/C26H44O12S/c1-3-37-26(27)8-9-30-10-11-31-12-13-32-14-15-33-16-17-34-18-19-35-20-21-36-22-23-38-39(28,29)25-6-4-24(2)5-7-25/h4-7H,3,8-23H2,1-2H3. The summed E-state index contributed by atoms with van der Waals surface area (Å²) >= 11 is 0. The minimum absolute atomic E-state index is 0.0610. The van der Waals surface area contributed by atoms with Crippen molar-refractivity contribution in [2.75, 3.05) is 106 Å². The normalized spacial score (nSPS) is 11.6. The maximum Gasteiger partial charge on any atom is 0.308 e. The summed E-state index contributed by atoms with van der Waals surface area (Å²) < 4.78 is 71.4. The molecule has 0 aliphatic heterocycles. The van der Waals surface area contributed by atoms with E-state index in [1.807, 2.05) is 6.92 Å². The highest BCUT2D eigenvalue weighted by molar-refractivity contribution is 7.86. The van der Waals surface area contributed by atoms with E-state index in [4.69, 9.17) is 42.1 Å². The summed E-state index contributed by atoms with van der Waals surface area (Å²) in [5.74, 6) is -0.260. The third-order valence-corrected chi connectivity index (χ3v) is 6.09. The molecule has 0 N–H and O–H groups in total. The Bertz CT molecular complexity index is 817. The van der Waals surface area contributed by atoms with Crippen LogP contribution in [-0.2, 0) is 57.0 Å². The molecule has 13 heteroatoms. The lowest BCUT2D eigenvalue weighted by molar-refractivity contribution is -0.144. The number of carbonyl (C=O) groups excluding carboxylic acids is 1. The number of carbonyl (C=O) groups is 1. The molecule has 39 heavy (non-hydrogen) atoms. The first-order chi connectivity index (χ1) is 19.0. The van der Waals surface area contributed by atoms with E-state index in [-0.39, 0.29) is 30.5 Å². The predicted molar refractivity (Wildman–Crippen MR) is 141 cm³/mol. The van der Waals surface area contributed by atoms with Gasteiger partial charge >= 0.3 is 5.97 Å². The Morgan fingerprint density at radius 2 is 0.949 bits per heavy atom. The molecule has 12 nitrogen and oxygen atoms in total. The fourth-order valence-corrected chi connectivity index (χ4v) is 3.68. The Labute approximate surface area is 232 Å². The quantitative estimate of drug-likeness (QED) is 0.0853. The van der Waals surface area contributed by atoms with Crippen molar-refractivity contribution in [1.82, 2.24) is 0 Å². The van der Waals surface area contributed by atoms with E-state index in [0.29, 0.717) is 92.5 Å². The van der Waals surface area contributed by atoms with Gasteiger partial charge in [-0.15, -0.1) is 0 Å². The van der Waals surface area contributed by atoms with E-state index < -0.39 is 10.1 Å². The summed E-state index contributed by atoms with van der Waals surface area (Å²) in [6.45, 7) is 9.59. The molecular formula is C26H44O12S. The van der Waals surface area contributed by atoms with Crippen LogP contribution in [0, 0.1) is 6.92 Å². The molecule has 0 aliphatic carbocycles. The zero-order valence-electron chi connectivity index (χ0n) is 23.1. The van der Waals surface area contributed by atoms with Crippen molar-refractivity contribution < 1.29 is 55.3 Å². The third-order valence-electron chi connectivity index (χ3n) is 4.76. The SMILES string of the molecule is CCOC(=O)CCOCCOCCOCCOCCOCCOCCOCCOS(=O)(=O)c1ccc(C)cc1. The molecule has 0 unspecified atom stereocenters. The molecule has 226 valence electrons. The summed E-state index contributed by atoms with van der Waals surface area (Å²) in [5, 5.41) is 0. The number of ether oxygens (including phenoxy) is 8. The van der Waals surface area contributed by atoms with Gasteiger partial charge in [0.2, 0.25) is 0 Å². The Morgan fingerprint density at radius 1 is 0.590 bits per heavy atom. The minimum atomic E-state index is -3.77. The van der Waals surface area contributed by atoms with Gasteiger partial charge in [0.1, 0.15) is 0 Å². The molecule has 0 heterocycles. The molecule has 0 aliphatic rings. The van der Waals surface area contributed by atoms with Gasteiger partial charge in [0.05, 0.1) is 117 Å². The van der Waals surface area contributed by atoms with Crippen LogP contribution in [0.3, 0.4) is 0 Å². The van der Waals surface area contributed by atoms with Crippen LogP contribution in [0.1, 0.15) is 18.9 Å². The number of benzene rings is 1. The Balaban J connectivity index is 1.74. The van der Waals surface area contributed by atoms with E-state index in [0.717, 1.165) is 5.56 Å². The molecule has 0 amide bonds. The molecule has 0 saturated carbocycles. The summed E-state index contributed by atoms with van der Waals surface area (Å²) in [4.78, 5) is 11.2. The van der Waals surface area contributed by atoms with Gasteiger partial charge in [0.25, 0.3) is 10.1 Å². The lowest BCUT2D eigenvalue weighted by Crippen LogP contribution is -2.15. The van der Waals surface area contributed by atoms with Crippen LogP contribution in [0.15, 0.2) is 29.2 Å². The highest BCUT2D eigenvalue weighted by Gasteiger charge is 2.14. The zero-order valence-corrected chi connectivity index (χ0v) is 24.0. The smallest absolute Gasteiger partial charge is 0.308 e. The molecule has 0 fully saturated rings. The van der Waals surface area contributed by atoms with Gasteiger partial charge in [-0.05, 0) is 26.0 Å². The topological polar surface area (TPSA) is 134 Å². The Hall–Kier alpha value is -1.68. The second kappa shape index (κ2) is 24.1. The minimum Gasteiger partial charge on any atom is -0.466 e. The average molecular weight is 581 g/mol. The molecule has 0 radical (unpaired) electrons. The van der Waals surface area contributed by atoms with Gasteiger partial charge in [-0.2, -0.15) is 8.42 Å². The van der Waals surface area contributed by atoms with Gasteiger partial charge in [0, 0.05) is 0 Å². The maximum atomic E-state index is 12.0. The molecule has 1 aromatic carbocycles. The monoisotopic (exact) mass is 580 g/mol. The van der Waals surface area contributed by atoms with Gasteiger partial charge in [-0.25, -0.2) is 0 Å². The lowest BCUT2D eigenvalue weighted by Gasteiger charge is -2.09. The molecular weight excluding hydrogens is 536 g/mol. The van der Waals surface area contributed by atoms with E-state index in [2.05, 4.69) is 0 Å². The lowest BCUT2D eigenvalue weighted by atomic mass is 10.2. The van der Waals surface area contributed by atoms with Crippen LogP contribution in [0.5, 0.6) is 0 Å². The van der Waals surface area contributed by atoms with Gasteiger partial charge < -0.3 is 37.9 Å². The van der Waals surface area contributed by atoms with E-state index >= 15 is 0 Å². The average Bonchev–Trinajstić information content (AvgIpc) is 2.91. The fourth-order valence-electron chi connectivity index (χ4n) is 2.79. The summed E-state index contributed by atoms with van der Waals surface area (Å²) in [5.41, 5.74) is 0.973. The van der Waals surface area contributed by atoms with Crippen LogP contribution in [0.4, 0.5) is 0 Å². The van der Waals surface area contributed by atoms with Gasteiger partial charge in [-0.1, -0.05) is 17.7 Å². The molecule has 1 aromatic rings. The number of hydrogen-bond donors (Lipinski definition) is 0. The first kappa shape index (κ1) is 35.3. The van der Waals surface area contributed by atoms with Crippen molar-refractivity contribution in [3.8, 4) is 0 Å². The van der Waals surface area contributed by atoms with E-state index in [1.165, 1.54) is 12.1 Å². The third kappa shape index (κ3) is 20.8. The molecule has 0 saturated heterocycles. The highest BCUT2D eigenvalue weighted by Crippen LogP contribution is 2.12. The Morgan fingerprint density at radius 3 is 1.33 bits per heavy atom. The number of esters is 1. The molecule has 0 aromatic heterocycles. The summed E-state index contributed by atoms with van der Waals surface area (Å²) in [6.07, 6.45) is 0.247. The van der Waals surface area contributed by atoms with Gasteiger partial charge in [0.15, 0.2) is 0 Å². The maximum absolute atomic E-state index is 12.0. The van der Waals surface area contributed by atoms with Crippen molar-refractivity contribution >= 4 is 16.1 Å². The fraction of sp³-hybridized carbons (Fsp3) is 0.731. The van der Waals surface area contributed by atoms with Crippen molar-refractivity contribution in [3.63, 3.8) is 0 Å². The van der Waals surface area contributed by atoms with E-state index in [1.54, 1.807) is 19.1 Å². The zero-order chi connectivity index (χ0) is 28.4. The van der Waals surface area contributed by atoms with Crippen LogP contribution < -0.4 is 0 Å². The second-order valence-corrected chi connectivity index (χ2v) is 9.55. The molecule has 0 bridgehead atoms. The number of aryl methyl sites for hydroxylation is 1. The molecule has 0 atom stereocenters. The van der Waals surface area contributed by atoms with Crippen LogP contribution >= 0.6 is 0 Å².